The molecular formula is C24H15Cl3N2O3. The Kier molecular flexibility index (Phi) is 6.51. The molecular weight excluding hydrogens is 471 g/mol. The van der Waals surface area contributed by atoms with Crippen molar-refractivity contribution in [1.82, 2.24) is 5.32 Å². The Morgan fingerprint density at radius 2 is 1.41 bits per heavy atom. The molecule has 0 saturated heterocycles. The summed E-state index contributed by atoms with van der Waals surface area (Å²) in [5.74, 6) is 0.360. The molecule has 0 fully saturated rings. The number of rotatable bonds is 4. The van der Waals surface area contributed by atoms with E-state index in [2.05, 4.69) is 10.6 Å². The van der Waals surface area contributed by atoms with Gasteiger partial charge in [-0.15, -0.1) is 0 Å². The Morgan fingerprint density at radius 3 is 2.16 bits per heavy atom. The Bertz CT molecular complexity index is 1320. The molecule has 4 aromatic rings. The van der Waals surface area contributed by atoms with Crippen molar-refractivity contribution in [2.75, 3.05) is 5.32 Å². The molecule has 5 nitrogen and oxygen atoms in total. The van der Waals surface area contributed by atoms with Crippen molar-refractivity contribution in [1.29, 1.82) is 0 Å². The van der Waals surface area contributed by atoms with Gasteiger partial charge in [-0.05, 0) is 41.8 Å². The Hall–Kier alpha value is -3.25. The molecule has 0 aliphatic carbocycles. The van der Waals surface area contributed by atoms with E-state index < -0.39 is 11.9 Å². The quantitative estimate of drug-likeness (QED) is 0.313. The second kappa shape index (κ2) is 9.49. The number of amides is 3. The minimum absolute atomic E-state index is 0.0165. The largest absolute Gasteiger partial charge is 0.455 e. The predicted molar refractivity (Wildman–Crippen MR) is 128 cm³/mol. The maximum atomic E-state index is 12.3. The van der Waals surface area contributed by atoms with E-state index in [9.17, 15) is 9.59 Å². The van der Waals surface area contributed by atoms with E-state index in [1.807, 2.05) is 42.5 Å². The minimum Gasteiger partial charge on any atom is -0.455 e. The summed E-state index contributed by atoms with van der Waals surface area (Å²) >= 11 is 18.4. The zero-order chi connectivity index (χ0) is 22.7. The van der Waals surface area contributed by atoms with Crippen molar-refractivity contribution in [3.05, 3.63) is 99.5 Å². The van der Waals surface area contributed by atoms with Crippen LogP contribution in [-0.4, -0.2) is 11.9 Å². The SMILES string of the molecule is O=C(NC(=O)c1c(Cl)cccc1Cl)Nc1ccc(Oc2cccc3ccccc23)c(Cl)c1. The molecule has 2 N–H and O–H groups in total. The van der Waals surface area contributed by atoms with Gasteiger partial charge in [0, 0.05) is 11.1 Å². The molecule has 4 rings (SSSR count). The van der Waals surface area contributed by atoms with Crippen molar-refractivity contribution < 1.29 is 14.3 Å². The van der Waals surface area contributed by atoms with Gasteiger partial charge in [-0.25, -0.2) is 4.79 Å². The summed E-state index contributed by atoms with van der Waals surface area (Å²) in [5.41, 5.74) is 0.388. The number of halogens is 3. The van der Waals surface area contributed by atoms with E-state index >= 15 is 0 Å². The lowest BCUT2D eigenvalue weighted by molar-refractivity contribution is 0.0967. The Balaban J connectivity index is 1.46. The number of hydrogen-bond acceptors (Lipinski definition) is 3. The topological polar surface area (TPSA) is 67.4 Å². The third-order valence-corrected chi connectivity index (χ3v) is 5.50. The second-order valence-electron chi connectivity index (χ2n) is 6.73. The Morgan fingerprint density at radius 1 is 0.719 bits per heavy atom. The second-order valence-corrected chi connectivity index (χ2v) is 7.95. The van der Waals surface area contributed by atoms with Crippen LogP contribution in [0.5, 0.6) is 11.5 Å². The van der Waals surface area contributed by atoms with E-state index in [-0.39, 0.29) is 20.6 Å². The van der Waals surface area contributed by atoms with Crippen molar-refractivity contribution in [2.45, 2.75) is 0 Å². The lowest BCUT2D eigenvalue weighted by atomic mass is 10.1. The zero-order valence-electron chi connectivity index (χ0n) is 16.4. The highest BCUT2D eigenvalue weighted by atomic mass is 35.5. The maximum Gasteiger partial charge on any atom is 0.326 e. The first-order valence-electron chi connectivity index (χ1n) is 9.44. The standard InChI is InChI=1S/C24H15Cl3N2O3/c25-17-8-4-9-18(26)22(17)23(30)29-24(31)28-15-11-12-21(19(27)13-15)32-20-10-3-6-14-5-1-2-7-16(14)20/h1-13H,(H2,28,29,30,31). The number of ether oxygens (including phenoxy) is 1. The van der Waals surface area contributed by atoms with Gasteiger partial charge in [0.1, 0.15) is 11.5 Å². The number of carbonyl (C=O) groups excluding carboxylic acids is 2. The monoisotopic (exact) mass is 484 g/mol. The molecule has 4 aromatic carbocycles. The summed E-state index contributed by atoms with van der Waals surface area (Å²) in [5, 5.41) is 7.29. The van der Waals surface area contributed by atoms with Crippen molar-refractivity contribution in [2.24, 2.45) is 0 Å². The molecule has 32 heavy (non-hydrogen) atoms. The van der Waals surface area contributed by atoms with Gasteiger partial charge >= 0.3 is 6.03 Å². The van der Waals surface area contributed by atoms with Gasteiger partial charge in [0.05, 0.1) is 20.6 Å². The Labute approximate surface area is 198 Å². The first-order valence-corrected chi connectivity index (χ1v) is 10.6. The number of anilines is 1. The molecule has 0 atom stereocenters. The molecule has 0 unspecified atom stereocenters. The van der Waals surface area contributed by atoms with Crippen molar-refractivity contribution in [3.63, 3.8) is 0 Å². The van der Waals surface area contributed by atoms with Crippen LogP contribution in [0, 0.1) is 0 Å². The van der Waals surface area contributed by atoms with Crippen LogP contribution in [-0.2, 0) is 0 Å². The fourth-order valence-electron chi connectivity index (χ4n) is 3.11. The van der Waals surface area contributed by atoms with E-state index in [0.717, 1.165) is 10.8 Å². The lowest BCUT2D eigenvalue weighted by Crippen LogP contribution is -2.34. The normalized spacial score (nSPS) is 10.6. The average Bonchev–Trinajstić information content (AvgIpc) is 2.75. The summed E-state index contributed by atoms with van der Waals surface area (Å²) in [7, 11) is 0. The number of imide groups is 1. The third-order valence-electron chi connectivity index (χ3n) is 4.58. The van der Waals surface area contributed by atoms with Gasteiger partial charge in [-0.1, -0.05) is 77.3 Å². The fraction of sp³-hybridized carbons (Fsp3) is 0. The number of nitrogens with one attached hydrogen (secondary N) is 2. The molecule has 0 aromatic heterocycles. The maximum absolute atomic E-state index is 12.3. The van der Waals surface area contributed by atoms with Crippen LogP contribution in [0.1, 0.15) is 10.4 Å². The fourth-order valence-corrected chi connectivity index (χ4v) is 3.90. The van der Waals surface area contributed by atoms with Crippen LogP contribution < -0.4 is 15.4 Å². The number of fused-ring (bicyclic) bond motifs is 1. The molecule has 8 heteroatoms. The lowest BCUT2D eigenvalue weighted by Gasteiger charge is -2.12. The average molecular weight is 486 g/mol. The number of carbonyl (C=O) groups is 2. The van der Waals surface area contributed by atoms with Gasteiger partial charge in [0.2, 0.25) is 0 Å². The van der Waals surface area contributed by atoms with Gasteiger partial charge in [-0.3, -0.25) is 10.1 Å². The molecule has 0 aliphatic heterocycles. The van der Waals surface area contributed by atoms with Crippen LogP contribution in [0.3, 0.4) is 0 Å². The zero-order valence-corrected chi connectivity index (χ0v) is 18.6. The van der Waals surface area contributed by atoms with Crippen LogP contribution in [0.4, 0.5) is 10.5 Å². The van der Waals surface area contributed by atoms with Crippen LogP contribution in [0.2, 0.25) is 15.1 Å². The summed E-state index contributed by atoms with van der Waals surface area (Å²) in [4.78, 5) is 24.6. The molecule has 0 radical (unpaired) electrons. The van der Waals surface area contributed by atoms with E-state index in [0.29, 0.717) is 17.2 Å². The van der Waals surface area contributed by atoms with Gasteiger partial charge in [0.15, 0.2) is 0 Å². The smallest absolute Gasteiger partial charge is 0.326 e. The first-order chi connectivity index (χ1) is 15.4. The van der Waals surface area contributed by atoms with Crippen molar-refractivity contribution in [3.8, 4) is 11.5 Å². The minimum atomic E-state index is -0.759. The summed E-state index contributed by atoms with van der Waals surface area (Å²) in [6.07, 6.45) is 0. The number of hydrogen-bond donors (Lipinski definition) is 2. The molecule has 0 spiro atoms. The van der Waals surface area contributed by atoms with Gasteiger partial charge in [-0.2, -0.15) is 0 Å². The summed E-state index contributed by atoms with van der Waals surface area (Å²) in [6.45, 7) is 0. The van der Waals surface area contributed by atoms with Gasteiger partial charge in [0.25, 0.3) is 5.91 Å². The van der Waals surface area contributed by atoms with Crippen LogP contribution >= 0.6 is 34.8 Å². The molecule has 0 saturated carbocycles. The molecule has 0 bridgehead atoms. The molecule has 0 aliphatic rings. The predicted octanol–water partition coefficient (Wildman–Crippen LogP) is 7.55. The summed E-state index contributed by atoms with van der Waals surface area (Å²) in [6, 6.07) is 22.2. The first kappa shape index (κ1) is 22.0. The molecule has 3 amide bonds. The van der Waals surface area contributed by atoms with Crippen LogP contribution in [0.25, 0.3) is 10.8 Å². The molecule has 0 heterocycles. The highest BCUT2D eigenvalue weighted by Crippen LogP contribution is 2.35. The summed E-state index contributed by atoms with van der Waals surface area (Å²) < 4.78 is 5.99. The third kappa shape index (κ3) is 4.81. The van der Waals surface area contributed by atoms with Crippen molar-refractivity contribution >= 4 is 63.2 Å². The number of benzene rings is 4. The molecule has 160 valence electrons. The van der Waals surface area contributed by atoms with E-state index in [1.54, 1.807) is 18.2 Å². The van der Waals surface area contributed by atoms with Gasteiger partial charge < -0.3 is 10.1 Å². The van der Waals surface area contributed by atoms with E-state index in [4.69, 9.17) is 39.5 Å². The van der Waals surface area contributed by atoms with E-state index in [1.165, 1.54) is 18.2 Å². The highest BCUT2D eigenvalue weighted by Gasteiger charge is 2.17. The number of urea groups is 1. The van der Waals surface area contributed by atoms with Crippen LogP contribution in [0.15, 0.2) is 78.9 Å². The highest BCUT2D eigenvalue weighted by molar-refractivity contribution is 6.40.